The summed E-state index contributed by atoms with van der Waals surface area (Å²) in [5.41, 5.74) is 4.04. The lowest BCUT2D eigenvalue weighted by Gasteiger charge is -2.24. The fourth-order valence-electron chi connectivity index (χ4n) is 3.46. The molecule has 0 saturated heterocycles. The Labute approximate surface area is 184 Å². The average molecular weight is 437 g/mol. The van der Waals surface area contributed by atoms with Crippen LogP contribution >= 0.6 is 0 Å². The van der Waals surface area contributed by atoms with Crippen LogP contribution in [-0.2, 0) is 10.0 Å². The number of carbonyl (C=O) groups is 1. The molecule has 0 aliphatic heterocycles. The molecule has 31 heavy (non-hydrogen) atoms. The second kappa shape index (κ2) is 9.35. The van der Waals surface area contributed by atoms with Crippen molar-refractivity contribution in [2.24, 2.45) is 0 Å². The maximum absolute atomic E-state index is 13.2. The summed E-state index contributed by atoms with van der Waals surface area (Å²) < 4.78 is 27.3. The van der Waals surface area contributed by atoms with Crippen LogP contribution < -0.4 is 9.62 Å². The predicted octanol–water partition coefficient (Wildman–Crippen LogP) is 5.01. The lowest BCUT2D eigenvalue weighted by molar-refractivity contribution is 0.0936. The zero-order chi connectivity index (χ0) is 22.6. The van der Waals surface area contributed by atoms with Gasteiger partial charge in [-0.3, -0.25) is 9.10 Å². The quantitative estimate of drug-likeness (QED) is 0.566. The number of benzene rings is 3. The van der Waals surface area contributed by atoms with E-state index >= 15 is 0 Å². The maximum atomic E-state index is 13.2. The van der Waals surface area contributed by atoms with Crippen LogP contribution in [0.4, 0.5) is 5.69 Å². The molecule has 0 aromatic heterocycles. The van der Waals surface area contributed by atoms with E-state index in [4.69, 9.17) is 0 Å². The van der Waals surface area contributed by atoms with Gasteiger partial charge in [-0.05, 0) is 61.2 Å². The molecule has 0 spiro atoms. The van der Waals surface area contributed by atoms with E-state index in [1.165, 1.54) is 18.2 Å². The van der Waals surface area contributed by atoms with Crippen molar-refractivity contribution in [3.05, 3.63) is 95.1 Å². The van der Waals surface area contributed by atoms with E-state index in [0.29, 0.717) is 17.7 Å². The van der Waals surface area contributed by atoms with Crippen LogP contribution in [0.1, 0.15) is 46.4 Å². The first-order valence-corrected chi connectivity index (χ1v) is 11.7. The summed E-state index contributed by atoms with van der Waals surface area (Å²) in [6.07, 6.45) is 0.717. The minimum atomic E-state index is -3.79. The first-order chi connectivity index (χ1) is 14.8. The molecular weight excluding hydrogens is 408 g/mol. The molecule has 3 rings (SSSR count). The number of nitrogens with zero attached hydrogens (tertiary/aromatic N) is 1. The number of hydrogen-bond acceptors (Lipinski definition) is 3. The summed E-state index contributed by atoms with van der Waals surface area (Å²) in [5, 5.41) is 3.07. The van der Waals surface area contributed by atoms with Gasteiger partial charge in [-0.2, -0.15) is 0 Å². The number of sulfonamides is 1. The number of carbonyl (C=O) groups excluding carboxylic acids is 1. The number of anilines is 1. The van der Waals surface area contributed by atoms with Crippen LogP contribution in [0.2, 0.25) is 0 Å². The molecule has 6 heteroatoms. The third kappa shape index (κ3) is 4.80. The van der Waals surface area contributed by atoms with Gasteiger partial charge in [0.25, 0.3) is 15.9 Å². The number of nitrogens with one attached hydrogen (secondary N) is 1. The summed E-state index contributed by atoms with van der Waals surface area (Å²) in [7, 11) is -2.32. The zero-order valence-corrected chi connectivity index (χ0v) is 19.1. The molecule has 0 bridgehead atoms. The summed E-state index contributed by atoms with van der Waals surface area (Å²) in [6.45, 7) is 6.11. The third-order valence-electron chi connectivity index (χ3n) is 5.54. The monoisotopic (exact) mass is 436 g/mol. The minimum Gasteiger partial charge on any atom is -0.345 e. The Balaban J connectivity index is 1.91. The Morgan fingerprint density at radius 1 is 0.935 bits per heavy atom. The lowest BCUT2D eigenvalue weighted by Crippen LogP contribution is -2.32. The van der Waals surface area contributed by atoms with E-state index in [1.54, 1.807) is 54.6 Å². The molecule has 3 aromatic carbocycles. The van der Waals surface area contributed by atoms with Crippen molar-refractivity contribution in [2.75, 3.05) is 11.4 Å². The van der Waals surface area contributed by atoms with E-state index < -0.39 is 10.0 Å². The third-order valence-corrected chi connectivity index (χ3v) is 7.32. The molecular formula is C25H28N2O3S. The van der Waals surface area contributed by atoms with Crippen LogP contribution in [0.25, 0.3) is 0 Å². The molecule has 162 valence electrons. The molecule has 1 atom stereocenters. The van der Waals surface area contributed by atoms with E-state index in [2.05, 4.69) is 18.3 Å². The van der Waals surface area contributed by atoms with Gasteiger partial charge < -0.3 is 5.32 Å². The van der Waals surface area contributed by atoms with Gasteiger partial charge in [0.2, 0.25) is 0 Å². The van der Waals surface area contributed by atoms with Crippen molar-refractivity contribution in [1.29, 1.82) is 0 Å². The van der Waals surface area contributed by atoms with Gasteiger partial charge in [-0.1, -0.05) is 55.5 Å². The summed E-state index contributed by atoms with van der Waals surface area (Å²) in [4.78, 5) is 13.4. The Morgan fingerprint density at radius 2 is 1.58 bits per heavy atom. The van der Waals surface area contributed by atoms with Gasteiger partial charge in [0.15, 0.2) is 0 Å². The largest absolute Gasteiger partial charge is 0.345 e. The molecule has 0 heterocycles. The highest BCUT2D eigenvalue weighted by molar-refractivity contribution is 7.92. The van der Waals surface area contributed by atoms with Gasteiger partial charge >= 0.3 is 0 Å². The van der Waals surface area contributed by atoms with Gasteiger partial charge in [0.1, 0.15) is 0 Å². The maximum Gasteiger partial charge on any atom is 0.264 e. The SMILES string of the molecule is CC[C@H](NC(=O)c1ccccc1N(C)S(=O)(=O)c1ccccc1)c1ccc(C)c(C)c1. The first kappa shape index (κ1) is 22.6. The molecule has 3 aromatic rings. The number of hydrogen-bond donors (Lipinski definition) is 1. The summed E-state index contributed by atoms with van der Waals surface area (Å²) in [5.74, 6) is -0.309. The zero-order valence-electron chi connectivity index (χ0n) is 18.3. The van der Waals surface area contributed by atoms with Gasteiger partial charge in [0, 0.05) is 7.05 Å². The van der Waals surface area contributed by atoms with E-state index in [0.717, 1.165) is 9.87 Å². The highest BCUT2D eigenvalue weighted by atomic mass is 32.2. The van der Waals surface area contributed by atoms with Crippen LogP contribution in [0.3, 0.4) is 0 Å². The summed E-state index contributed by atoms with van der Waals surface area (Å²) >= 11 is 0. The molecule has 5 nitrogen and oxygen atoms in total. The summed E-state index contributed by atoms with van der Waals surface area (Å²) in [6, 6.07) is 20.9. The number of para-hydroxylation sites is 1. The van der Waals surface area contributed by atoms with Crippen molar-refractivity contribution in [3.8, 4) is 0 Å². The number of rotatable bonds is 7. The Morgan fingerprint density at radius 3 is 2.23 bits per heavy atom. The van der Waals surface area contributed by atoms with E-state index in [1.807, 2.05) is 26.0 Å². The second-order valence-corrected chi connectivity index (χ2v) is 9.55. The minimum absolute atomic E-state index is 0.170. The van der Waals surface area contributed by atoms with Crippen molar-refractivity contribution >= 4 is 21.6 Å². The molecule has 0 fully saturated rings. The fourth-order valence-corrected chi connectivity index (χ4v) is 4.69. The average Bonchev–Trinajstić information content (AvgIpc) is 2.79. The topological polar surface area (TPSA) is 66.5 Å². The normalized spacial score (nSPS) is 12.3. The highest BCUT2D eigenvalue weighted by Gasteiger charge is 2.25. The molecule has 1 N–H and O–H groups in total. The van der Waals surface area contributed by atoms with E-state index in [-0.39, 0.29) is 16.8 Å². The molecule has 0 aliphatic rings. The van der Waals surface area contributed by atoms with Gasteiger partial charge in [0.05, 0.1) is 22.2 Å². The Bertz CT molecular complexity index is 1170. The van der Waals surface area contributed by atoms with Crippen molar-refractivity contribution in [2.45, 2.75) is 38.1 Å². The lowest BCUT2D eigenvalue weighted by atomic mass is 9.99. The molecule has 0 radical (unpaired) electrons. The highest BCUT2D eigenvalue weighted by Crippen LogP contribution is 2.27. The fraction of sp³-hybridized carbons (Fsp3) is 0.240. The van der Waals surface area contributed by atoms with Crippen molar-refractivity contribution in [1.82, 2.24) is 5.32 Å². The molecule has 1 amide bonds. The number of aryl methyl sites for hydroxylation is 2. The smallest absolute Gasteiger partial charge is 0.264 e. The standard InChI is InChI=1S/C25H28N2O3S/c1-5-23(20-16-15-18(2)19(3)17-20)26-25(28)22-13-9-10-14-24(22)27(4)31(29,30)21-11-7-6-8-12-21/h6-17,23H,5H2,1-4H3,(H,26,28)/t23-/m0/s1. The second-order valence-electron chi connectivity index (χ2n) is 7.58. The molecule has 0 unspecified atom stereocenters. The van der Waals surface area contributed by atoms with Crippen LogP contribution in [0.5, 0.6) is 0 Å². The number of amides is 1. The van der Waals surface area contributed by atoms with Gasteiger partial charge in [-0.15, -0.1) is 0 Å². The van der Waals surface area contributed by atoms with Crippen LogP contribution in [0, 0.1) is 13.8 Å². The van der Waals surface area contributed by atoms with Crippen molar-refractivity contribution < 1.29 is 13.2 Å². The predicted molar refractivity (Wildman–Crippen MR) is 125 cm³/mol. The van der Waals surface area contributed by atoms with Gasteiger partial charge in [-0.25, -0.2) is 8.42 Å². The van der Waals surface area contributed by atoms with Crippen LogP contribution in [-0.4, -0.2) is 21.4 Å². The first-order valence-electron chi connectivity index (χ1n) is 10.3. The molecule has 0 aliphatic carbocycles. The Kier molecular flexibility index (Phi) is 6.81. The van der Waals surface area contributed by atoms with Crippen LogP contribution in [0.15, 0.2) is 77.7 Å². The molecule has 0 saturated carbocycles. The van der Waals surface area contributed by atoms with E-state index in [9.17, 15) is 13.2 Å². The van der Waals surface area contributed by atoms with Crippen molar-refractivity contribution in [3.63, 3.8) is 0 Å². The Hall–Kier alpha value is -3.12.